The molecule has 1 aliphatic rings. The number of nitrogen functional groups attached to an aromatic ring is 1. The minimum atomic E-state index is -2.51. The summed E-state index contributed by atoms with van der Waals surface area (Å²) in [6.07, 6.45) is 0. The largest absolute Gasteiger partial charge is 0.491 e. The highest BCUT2D eigenvalue weighted by Crippen LogP contribution is 2.44. The molecule has 126 valence electrons. The van der Waals surface area contributed by atoms with Crippen LogP contribution in [-0.2, 0) is 0 Å². The zero-order valence-electron chi connectivity index (χ0n) is 12.5. The van der Waals surface area contributed by atoms with Crippen molar-refractivity contribution < 1.29 is 32.9 Å². The fourth-order valence-corrected chi connectivity index (χ4v) is 2.22. The number of halogens is 2. The molecule has 1 aromatic carbocycles. The molecule has 2 aromatic rings. The Labute approximate surface area is 133 Å². The van der Waals surface area contributed by atoms with E-state index in [-0.39, 0.29) is 28.7 Å². The number of carboxylic acids is 1. The highest BCUT2D eigenvalue weighted by molar-refractivity contribution is 5.91. The first kappa shape index (κ1) is 15.7. The first-order valence-corrected chi connectivity index (χ1v) is 6.58. The summed E-state index contributed by atoms with van der Waals surface area (Å²) in [5.41, 5.74) is 4.87. The highest BCUT2D eigenvalue weighted by Gasteiger charge is 2.40. The number of aromatic nitrogens is 2. The molecule has 1 atom stereocenters. The van der Waals surface area contributed by atoms with Crippen molar-refractivity contribution in [1.82, 2.24) is 9.97 Å². The van der Waals surface area contributed by atoms with Gasteiger partial charge in [-0.25, -0.2) is 19.2 Å². The smallest absolute Gasteiger partial charge is 0.404 e. The number of nitrogens with two attached hydrogens (primary N) is 1. The fraction of sp³-hybridized carbons (Fsp3) is 0.214. The van der Waals surface area contributed by atoms with E-state index in [2.05, 4.69) is 9.97 Å². The number of carbonyl (C=O) groups is 1. The summed E-state index contributed by atoms with van der Waals surface area (Å²) >= 11 is 0. The van der Waals surface area contributed by atoms with Crippen molar-refractivity contribution in [3.8, 4) is 28.6 Å². The molecule has 10 heteroatoms. The Balaban J connectivity index is 2.17. The number of carboxylic acid groups (broad SMARTS) is 1. The van der Waals surface area contributed by atoms with E-state index >= 15 is 0 Å². The van der Waals surface area contributed by atoms with E-state index in [1.807, 2.05) is 0 Å². The molecule has 0 spiro atoms. The zero-order chi connectivity index (χ0) is 17.6. The molecule has 0 aliphatic carbocycles. The lowest BCUT2D eigenvalue weighted by molar-refractivity contribution is -0.174. The number of ether oxygens (including phenoxy) is 3. The van der Waals surface area contributed by atoms with Crippen LogP contribution in [-0.4, -0.2) is 34.2 Å². The summed E-state index contributed by atoms with van der Waals surface area (Å²) in [6.45, 7) is 0.969. The number of benzene rings is 1. The van der Waals surface area contributed by atoms with Crippen molar-refractivity contribution in [3.63, 3.8) is 0 Å². The number of rotatable bonds is 3. The van der Waals surface area contributed by atoms with E-state index in [0.29, 0.717) is 0 Å². The van der Waals surface area contributed by atoms with E-state index in [0.717, 1.165) is 6.92 Å². The van der Waals surface area contributed by atoms with Crippen LogP contribution in [0, 0.1) is 5.82 Å². The molecule has 2 heterocycles. The maximum absolute atomic E-state index is 14.6. The second-order valence-electron chi connectivity index (χ2n) is 4.91. The molecule has 0 fully saturated rings. The lowest BCUT2D eigenvalue weighted by Gasteiger charge is -2.11. The van der Waals surface area contributed by atoms with Crippen molar-refractivity contribution in [2.45, 2.75) is 13.0 Å². The molecule has 0 saturated carbocycles. The summed E-state index contributed by atoms with van der Waals surface area (Å²) in [4.78, 5) is 18.8. The van der Waals surface area contributed by atoms with Gasteiger partial charge in [0.15, 0.2) is 34.7 Å². The molecule has 0 saturated heterocycles. The lowest BCUT2D eigenvalue weighted by atomic mass is 10.1. The number of alkyl halides is 1. The van der Waals surface area contributed by atoms with Crippen LogP contribution < -0.4 is 19.9 Å². The van der Waals surface area contributed by atoms with Crippen molar-refractivity contribution in [2.75, 3.05) is 12.8 Å². The van der Waals surface area contributed by atoms with E-state index in [1.54, 1.807) is 0 Å². The van der Waals surface area contributed by atoms with Gasteiger partial charge in [-0.2, -0.15) is 4.39 Å². The van der Waals surface area contributed by atoms with Crippen LogP contribution in [0.3, 0.4) is 0 Å². The predicted octanol–water partition coefficient (Wildman–Crippen LogP) is 1.99. The van der Waals surface area contributed by atoms with Gasteiger partial charge in [0.1, 0.15) is 0 Å². The van der Waals surface area contributed by atoms with Gasteiger partial charge in [0.05, 0.1) is 12.7 Å². The van der Waals surface area contributed by atoms with Crippen LogP contribution >= 0.6 is 0 Å². The van der Waals surface area contributed by atoms with Crippen LogP contribution in [0.4, 0.5) is 14.6 Å². The molecule has 1 aromatic heterocycles. The fourth-order valence-electron chi connectivity index (χ4n) is 2.22. The normalized spacial score (nSPS) is 18.5. The topological polar surface area (TPSA) is 117 Å². The molecular weight excluding hydrogens is 328 g/mol. The summed E-state index contributed by atoms with van der Waals surface area (Å²) in [5.74, 6) is -3.89. The van der Waals surface area contributed by atoms with Gasteiger partial charge in [-0.1, -0.05) is 0 Å². The van der Waals surface area contributed by atoms with E-state index in [9.17, 15) is 18.7 Å². The van der Waals surface area contributed by atoms with Gasteiger partial charge < -0.3 is 25.1 Å². The molecule has 1 aliphatic heterocycles. The second kappa shape index (κ2) is 5.18. The Morgan fingerprint density at radius 2 is 2.08 bits per heavy atom. The molecule has 0 amide bonds. The van der Waals surface area contributed by atoms with Crippen molar-refractivity contribution >= 4 is 11.8 Å². The number of nitrogens with zero attached hydrogens (tertiary/aromatic N) is 2. The van der Waals surface area contributed by atoms with Gasteiger partial charge in [0, 0.05) is 6.92 Å². The SMILES string of the molecule is COc1c(N)nc(-c2ccc3c(c2F)OC(C)(F)O3)nc1C(=O)O. The highest BCUT2D eigenvalue weighted by atomic mass is 19.2. The molecule has 8 nitrogen and oxygen atoms in total. The Hall–Kier alpha value is -3.17. The standard InChI is InChI=1S/C14H11F2N3O5/c1-14(16)23-6-4-3-5(7(15)9(6)24-14)12-18-8(13(20)21)10(22-2)11(17)19-12/h3-4H,1-2H3,(H,20,21)(H2,17,18,19). The molecule has 0 bridgehead atoms. The molecule has 1 unspecified atom stereocenters. The van der Waals surface area contributed by atoms with Crippen LogP contribution in [0.5, 0.6) is 17.2 Å². The van der Waals surface area contributed by atoms with Crippen LogP contribution in [0.15, 0.2) is 12.1 Å². The van der Waals surface area contributed by atoms with Gasteiger partial charge in [0.25, 0.3) is 0 Å². The van der Waals surface area contributed by atoms with Crippen molar-refractivity contribution in [3.05, 3.63) is 23.6 Å². The average molecular weight is 339 g/mol. The monoisotopic (exact) mass is 339 g/mol. The average Bonchev–Trinajstić information content (AvgIpc) is 2.82. The van der Waals surface area contributed by atoms with E-state index in [4.69, 9.17) is 19.9 Å². The van der Waals surface area contributed by atoms with Crippen molar-refractivity contribution in [1.29, 1.82) is 0 Å². The van der Waals surface area contributed by atoms with Crippen LogP contribution in [0.1, 0.15) is 17.4 Å². The molecular formula is C14H11F2N3O5. The quantitative estimate of drug-likeness (QED) is 0.872. The summed E-state index contributed by atoms with van der Waals surface area (Å²) in [5, 5.41) is 9.17. The summed E-state index contributed by atoms with van der Waals surface area (Å²) in [6, 6.07) is -0.0532. The third kappa shape index (κ3) is 2.41. The molecule has 3 rings (SSSR count). The minimum Gasteiger partial charge on any atom is -0.491 e. The van der Waals surface area contributed by atoms with E-state index < -0.39 is 29.3 Å². The third-order valence-corrected chi connectivity index (χ3v) is 3.18. The van der Waals surface area contributed by atoms with Gasteiger partial charge in [-0.05, 0) is 12.1 Å². The van der Waals surface area contributed by atoms with Crippen molar-refractivity contribution in [2.24, 2.45) is 0 Å². The first-order chi connectivity index (χ1) is 11.2. The molecule has 0 radical (unpaired) electrons. The van der Waals surface area contributed by atoms with Crippen LogP contribution in [0.2, 0.25) is 0 Å². The lowest BCUT2D eigenvalue weighted by Crippen LogP contribution is -2.28. The second-order valence-corrected chi connectivity index (χ2v) is 4.91. The molecule has 3 N–H and O–H groups in total. The summed E-state index contributed by atoms with van der Waals surface area (Å²) in [7, 11) is 1.20. The number of methoxy groups -OCH3 is 1. The Bertz CT molecular complexity index is 857. The van der Waals surface area contributed by atoms with Gasteiger partial charge in [-0.3, -0.25) is 0 Å². The van der Waals surface area contributed by atoms with Gasteiger partial charge >= 0.3 is 12.0 Å². The Kier molecular flexibility index (Phi) is 3.39. The summed E-state index contributed by atoms with van der Waals surface area (Å²) < 4.78 is 42.6. The number of fused-ring (bicyclic) bond motifs is 1. The number of hydrogen-bond acceptors (Lipinski definition) is 7. The number of hydrogen-bond donors (Lipinski definition) is 2. The zero-order valence-corrected chi connectivity index (χ0v) is 12.5. The van der Waals surface area contributed by atoms with Crippen LogP contribution in [0.25, 0.3) is 11.4 Å². The van der Waals surface area contributed by atoms with Gasteiger partial charge in [-0.15, -0.1) is 0 Å². The number of aromatic carboxylic acids is 1. The maximum Gasteiger partial charge on any atom is 0.404 e. The minimum absolute atomic E-state index is 0.138. The Morgan fingerprint density at radius 3 is 2.71 bits per heavy atom. The number of anilines is 1. The predicted molar refractivity (Wildman–Crippen MR) is 76.1 cm³/mol. The van der Waals surface area contributed by atoms with E-state index in [1.165, 1.54) is 19.2 Å². The maximum atomic E-state index is 14.6. The third-order valence-electron chi connectivity index (χ3n) is 3.18. The molecule has 24 heavy (non-hydrogen) atoms. The van der Waals surface area contributed by atoms with Gasteiger partial charge in [0.2, 0.25) is 5.75 Å². The first-order valence-electron chi connectivity index (χ1n) is 6.58. The Morgan fingerprint density at radius 1 is 1.38 bits per heavy atom.